The van der Waals surface area contributed by atoms with Crippen molar-refractivity contribution in [3.8, 4) is 0 Å². The van der Waals surface area contributed by atoms with Gasteiger partial charge in [0.2, 0.25) is 0 Å². The van der Waals surface area contributed by atoms with Crippen LogP contribution in [0.25, 0.3) is 0 Å². The van der Waals surface area contributed by atoms with Gasteiger partial charge in [0.1, 0.15) is 0 Å². The Bertz CT molecular complexity index is 548. The molecular formula is C19H32N4O. The molecule has 0 radical (unpaired) electrons. The monoisotopic (exact) mass is 332 g/mol. The lowest BCUT2D eigenvalue weighted by atomic mass is 9.83. The van der Waals surface area contributed by atoms with Gasteiger partial charge in [-0.3, -0.25) is 9.48 Å². The van der Waals surface area contributed by atoms with Gasteiger partial charge in [-0.25, -0.2) is 0 Å². The number of rotatable bonds is 5. The van der Waals surface area contributed by atoms with Crippen molar-refractivity contribution < 1.29 is 4.79 Å². The maximum atomic E-state index is 12.7. The van der Waals surface area contributed by atoms with Gasteiger partial charge in [-0.2, -0.15) is 5.10 Å². The molecule has 2 atom stereocenters. The second kappa shape index (κ2) is 8.15. The summed E-state index contributed by atoms with van der Waals surface area (Å²) in [5.74, 6) is 0.657. The second-order valence-electron chi connectivity index (χ2n) is 7.45. The predicted molar refractivity (Wildman–Crippen MR) is 96.1 cm³/mol. The number of nitrogens with zero attached hydrogens (tertiary/aromatic N) is 3. The molecule has 0 bridgehead atoms. The lowest BCUT2D eigenvalue weighted by Crippen LogP contribution is -2.47. The highest BCUT2D eigenvalue weighted by molar-refractivity contribution is 5.95. The van der Waals surface area contributed by atoms with Crippen molar-refractivity contribution in [3.05, 3.63) is 17.5 Å². The summed E-state index contributed by atoms with van der Waals surface area (Å²) >= 11 is 0. The lowest BCUT2D eigenvalue weighted by Gasteiger charge is -2.37. The number of aromatic nitrogens is 2. The molecule has 1 N–H and O–H groups in total. The van der Waals surface area contributed by atoms with Crippen molar-refractivity contribution in [3.63, 3.8) is 0 Å². The zero-order chi connectivity index (χ0) is 16.9. The minimum atomic E-state index is 0.0581. The zero-order valence-corrected chi connectivity index (χ0v) is 15.3. The molecule has 1 amide bonds. The minimum absolute atomic E-state index is 0.0581. The molecule has 2 heterocycles. The number of hydrogen-bond donors (Lipinski definition) is 1. The predicted octanol–water partition coefficient (Wildman–Crippen LogP) is 2.99. The van der Waals surface area contributed by atoms with Gasteiger partial charge in [-0.05, 0) is 58.5 Å². The normalized spacial score (nSPS) is 25.6. The van der Waals surface area contributed by atoms with E-state index in [0.717, 1.165) is 30.8 Å². The van der Waals surface area contributed by atoms with Crippen LogP contribution in [0.2, 0.25) is 0 Å². The van der Waals surface area contributed by atoms with Gasteiger partial charge in [0, 0.05) is 24.8 Å². The van der Waals surface area contributed by atoms with Crippen LogP contribution in [0, 0.1) is 12.8 Å². The third kappa shape index (κ3) is 4.00. The molecular weight excluding hydrogens is 300 g/mol. The van der Waals surface area contributed by atoms with E-state index in [-0.39, 0.29) is 5.91 Å². The molecule has 24 heavy (non-hydrogen) atoms. The quantitative estimate of drug-likeness (QED) is 0.902. The van der Waals surface area contributed by atoms with E-state index in [9.17, 15) is 4.79 Å². The maximum Gasteiger partial charge on any atom is 0.254 e. The van der Waals surface area contributed by atoms with Gasteiger partial charge >= 0.3 is 0 Å². The van der Waals surface area contributed by atoms with Crippen LogP contribution in [0.5, 0.6) is 0 Å². The summed E-state index contributed by atoms with van der Waals surface area (Å²) < 4.78 is 1.89. The van der Waals surface area contributed by atoms with Crippen LogP contribution in [0.15, 0.2) is 6.20 Å². The van der Waals surface area contributed by atoms with Crippen LogP contribution < -0.4 is 5.32 Å². The largest absolute Gasteiger partial charge is 0.349 e. The lowest BCUT2D eigenvalue weighted by molar-refractivity contribution is 0.0876. The Morgan fingerprint density at radius 2 is 1.96 bits per heavy atom. The topological polar surface area (TPSA) is 50.2 Å². The summed E-state index contributed by atoms with van der Waals surface area (Å²) in [5, 5.41) is 7.64. The molecule has 5 nitrogen and oxygen atoms in total. The van der Waals surface area contributed by atoms with Crippen molar-refractivity contribution in [2.24, 2.45) is 5.92 Å². The third-order valence-corrected chi connectivity index (χ3v) is 5.81. The highest BCUT2D eigenvalue weighted by Crippen LogP contribution is 2.27. The second-order valence-corrected chi connectivity index (χ2v) is 7.45. The van der Waals surface area contributed by atoms with Crippen LogP contribution in [0.1, 0.15) is 67.9 Å². The standard InChI is InChI=1S/C19H32N4O/c1-3-23-15(2)17(13-20-23)19(24)21-18-10-6-5-9-16(18)14-22-11-7-4-8-12-22/h13,16,18H,3-12,14H2,1-2H3,(H,21,24)/t16-,18+/m0/s1. The molecule has 134 valence electrons. The molecule has 2 aliphatic rings. The third-order valence-electron chi connectivity index (χ3n) is 5.81. The maximum absolute atomic E-state index is 12.7. The van der Waals surface area contributed by atoms with E-state index in [0.29, 0.717) is 12.0 Å². The zero-order valence-electron chi connectivity index (χ0n) is 15.3. The van der Waals surface area contributed by atoms with Crippen molar-refractivity contribution in [1.82, 2.24) is 20.0 Å². The number of hydrogen-bond acceptors (Lipinski definition) is 3. The molecule has 1 saturated heterocycles. The Kier molecular flexibility index (Phi) is 5.93. The fraction of sp³-hybridized carbons (Fsp3) is 0.789. The first-order valence-electron chi connectivity index (χ1n) is 9.74. The molecule has 5 heteroatoms. The van der Waals surface area contributed by atoms with Crippen LogP contribution in [0.3, 0.4) is 0 Å². The van der Waals surface area contributed by atoms with E-state index < -0.39 is 0 Å². The first-order valence-corrected chi connectivity index (χ1v) is 9.74. The van der Waals surface area contributed by atoms with Crippen molar-refractivity contribution in [1.29, 1.82) is 0 Å². The molecule has 1 aromatic rings. The van der Waals surface area contributed by atoms with E-state index in [1.54, 1.807) is 6.20 Å². The van der Waals surface area contributed by atoms with E-state index in [4.69, 9.17) is 0 Å². The van der Waals surface area contributed by atoms with Crippen LogP contribution in [-0.4, -0.2) is 46.3 Å². The summed E-state index contributed by atoms with van der Waals surface area (Å²) in [6.45, 7) is 8.46. The molecule has 1 aliphatic carbocycles. The fourth-order valence-corrected chi connectivity index (χ4v) is 4.32. The number of carbonyl (C=O) groups is 1. The SMILES string of the molecule is CCn1ncc(C(=O)N[C@@H]2CCCC[C@H]2CN2CCCCC2)c1C. The molecule has 0 unspecified atom stereocenters. The van der Waals surface area contributed by atoms with Crippen molar-refractivity contribution >= 4 is 5.91 Å². The fourth-order valence-electron chi connectivity index (χ4n) is 4.32. The van der Waals surface area contributed by atoms with Crippen molar-refractivity contribution in [2.75, 3.05) is 19.6 Å². The van der Waals surface area contributed by atoms with E-state index in [1.165, 1.54) is 51.6 Å². The smallest absolute Gasteiger partial charge is 0.254 e. The number of nitrogens with one attached hydrogen (secondary N) is 1. The molecule has 1 aliphatic heterocycles. The first-order chi connectivity index (χ1) is 11.7. The number of amides is 1. The Labute approximate surface area is 145 Å². The summed E-state index contributed by atoms with van der Waals surface area (Å²) in [6, 6.07) is 0.317. The van der Waals surface area contributed by atoms with E-state index >= 15 is 0 Å². The van der Waals surface area contributed by atoms with Gasteiger partial charge in [0.15, 0.2) is 0 Å². The van der Waals surface area contributed by atoms with Crippen LogP contribution in [-0.2, 0) is 6.54 Å². The Morgan fingerprint density at radius 1 is 1.21 bits per heavy atom. The number of aryl methyl sites for hydroxylation is 1. The minimum Gasteiger partial charge on any atom is -0.349 e. The Hall–Kier alpha value is -1.36. The highest BCUT2D eigenvalue weighted by Gasteiger charge is 2.29. The first kappa shape index (κ1) is 17.5. The number of piperidine rings is 1. The van der Waals surface area contributed by atoms with Gasteiger partial charge in [-0.1, -0.05) is 19.3 Å². The average molecular weight is 332 g/mol. The highest BCUT2D eigenvalue weighted by atomic mass is 16.1. The molecule has 0 spiro atoms. The van der Waals surface area contributed by atoms with Crippen LogP contribution >= 0.6 is 0 Å². The van der Waals surface area contributed by atoms with E-state index in [2.05, 4.69) is 22.2 Å². The van der Waals surface area contributed by atoms with Gasteiger partial charge in [0.25, 0.3) is 5.91 Å². The summed E-state index contributed by atoms with van der Waals surface area (Å²) in [5.41, 5.74) is 1.71. The summed E-state index contributed by atoms with van der Waals surface area (Å²) in [6.07, 6.45) is 10.7. The molecule has 2 fully saturated rings. The summed E-state index contributed by atoms with van der Waals surface area (Å²) in [4.78, 5) is 15.3. The average Bonchev–Trinajstić information content (AvgIpc) is 2.98. The Morgan fingerprint density at radius 3 is 2.67 bits per heavy atom. The Balaban J connectivity index is 1.62. The van der Waals surface area contributed by atoms with Gasteiger partial charge in [0.05, 0.1) is 11.8 Å². The number of likely N-dealkylation sites (tertiary alicyclic amines) is 1. The van der Waals surface area contributed by atoms with E-state index in [1.807, 2.05) is 11.6 Å². The van der Waals surface area contributed by atoms with Gasteiger partial charge in [-0.15, -0.1) is 0 Å². The summed E-state index contributed by atoms with van der Waals surface area (Å²) in [7, 11) is 0. The van der Waals surface area contributed by atoms with Crippen LogP contribution in [0.4, 0.5) is 0 Å². The molecule has 1 aromatic heterocycles. The number of carbonyl (C=O) groups excluding carboxylic acids is 1. The molecule has 3 rings (SSSR count). The van der Waals surface area contributed by atoms with Crippen molar-refractivity contribution in [2.45, 2.75) is 71.4 Å². The molecule has 0 aromatic carbocycles. The van der Waals surface area contributed by atoms with Gasteiger partial charge < -0.3 is 10.2 Å². The molecule has 1 saturated carbocycles.